The molecule has 0 aliphatic heterocycles. The fraction of sp³-hybridized carbons (Fsp3) is 0.435. The Hall–Kier alpha value is -2.29. The Balaban J connectivity index is 2.08. The fourth-order valence-corrected chi connectivity index (χ4v) is 3.17. The molecule has 3 nitrogen and oxygen atoms in total. The number of carbonyl (C=O) groups excluding carboxylic acids is 1. The van der Waals surface area contributed by atoms with Gasteiger partial charge in [0.05, 0.1) is 6.04 Å². The molecule has 0 fully saturated rings. The van der Waals surface area contributed by atoms with E-state index in [9.17, 15) is 4.79 Å². The van der Waals surface area contributed by atoms with Crippen LogP contribution in [0.25, 0.3) is 0 Å². The summed E-state index contributed by atoms with van der Waals surface area (Å²) >= 11 is 0. The molecule has 26 heavy (non-hydrogen) atoms. The van der Waals surface area contributed by atoms with Crippen LogP contribution in [0.5, 0.6) is 5.75 Å². The molecule has 0 aliphatic carbocycles. The maximum absolute atomic E-state index is 12.8. The van der Waals surface area contributed by atoms with E-state index >= 15 is 0 Å². The van der Waals surface area contributed by atoms with Crippen molar-refractivity contribution in [3.63, 3.8) is 0 Å². The monoisotopic (exact) mass is 353 g/mol. The molecule has 2 atom stereocenters. The first-order valence-corrected chi connectivity index (χ1v) is 9.61. The van der Waals surface area contributed by atoms with E-state index in [-0.39, 0.29) is 11.9 Å². The fourth-order valence-electron chi connectivity index (χ4n) is 3.17. The second-order valence-electron chi connectivity index (χ2n) is 6.84. The Morgan fingerprint density at radius 1 is 1.00 bits per heavy atom. The summed E-state index contributed by atoms with van der Waals surface area (Å²) in [5.74, 6) is 0.683. The molecule has 0 aliphatic rings. The molecule has 0 spiro atoms. The first kappa shape index (κ1) is 20.0. The lowest BCUT2D eigenvalue weighted by molar-refractivity contribution is -0.128. The Morgan fingerprint density at radius 3 is 2.23 bits per heavy atom. The van der Waals surface area contributed by atoms with Gasteiger partial charge in [0.25, 0.3) is 5.91 Å². The van der Waals surface area contributed by atoms with E-state index in [1.165, 1.54) is 22.3 Å². The molecule has 0 aromatic heterocycles. The number of rotatable bonds is 8. The summed E-state index contributed by atoms with van der Waals surface area (Å²) in [4.78, 5) is 12.8. The van der Waals surface area contributed by atoms with Gasteiger partial charge in [-0.3, -0.25) is 4.79 Å². The van der Waals surface area contributed by atoms with Gasteiger partial charge in [-0.05, 0) is 61.9 Å². The highest BCUT2D eigenvalue weighted by Gasteiger charge is 2.22. The number of aryl methyl sites for hydroxylation is 3. The SMILES string of the molecule is CCc1ccc(O[C@@H](CC)C(=O)N[C@H](CC)c2ccc(C)cc2C)cc1. The van der Waals surface area contributed by atoms with Crippen molar-refractivity contribution in [2.45, 2.75) is 66.0 Å². The van der Waals surface area contributed by atoms with Crippen molar-refractivity contribution in [3.05, 3.63) is 64.7 Å². The van der Waals surface area contributed by atoms with E-state index in [0.717, 1.165) is 18.6 Å². The van der Waals surface area contributed by atoms with Crippen LogP contribution in [0.4, 0.5) is 0 Å². The lowest BCUT2D eigenvalue weighted by Crippen LogP contribution is -2.40. The highest BCUT2D eigenvalue weighted by molar-refractivity contribution is 5.81. The zero-order chi connectivity index (χ0) is 19.1. The average molecular weight is 354 g/mol. The second kappa shape index (κ2) is 9.42. The van der Waals surface area contributed by atoms with Crippen molar-refractivity contribution in [1.29, 1.82) is 0 Å². The molecule has 1 N–H and O–H groups in total. The van der Waals surface area contributed by atoms with E-state index in [4.69, 9.17) is 4.74 Å². The molecular weight excluding hydrogens is 322 g/mol. The highest BCUT2D eigenvalue weighted by Crippen LogP contribution is 2.22. The van der Waals surface area contributed by atoms with E-state index in [1.807, 2.05) is 31.2 Å². The summed E-state index contributed by atoms with van der Waals surface area (Å²) in [6, 6.07) is 14.3. The molecule has 0 saturated carbocycles. The number of hydrogen-bond donors (Lipinski definition) is 1. The molecule has 2 aromatic carbocycles. The number of nitrogens with one attached hydrogen (secondary N) is 1. The first-order valence-electron chi connectivity index (χ1n) is 9.61. The van der Waals surface area contributed by atoms with Crippen molar-refractivity contribution in [3.8, 4) is 5.75 Å². The maximum atomic E-state index is 12.8. The lowest BCUT2D eigenvalue weighted by Gasteiger charge is -2.24. The van der Waals surface area contributed by atoms with Gasteiger partial charge in [-0.2, -0.15) is 0 Å². The molecule has 0 bridgehead atoms. The van der Waals surface area contributed by atoms with Gasteiger partial charge in [0.2, 0.25) is 0 Å². The summed E-state index contributed by atoms with van der Waals surface area (Å²) in [6.45, 7) is 10.4. The summed E-state index contributed by atoms with van der Waals surface area (Å²) in [5.41, 5.74) is 4.88. The molecule has 0 heterocycles. The summed E-state index contributed by atoms with van der Waals surface area (Å²) < 4.78 is 5.94. The predicted octanol–water partition coefficient (Wildman–Crippen LogP) is 5.29. The minimum atomic E-state index is -0.484. The third-order valence-corrected chi connectivity index (χ3v) is 4.80. The normalized spacial score (nSPS) is 13.1. The summed E-state index contributed by atoms with van der Waals surface area (Å²) in [7, 11) is 0. The van der Waals surface area contributed by atoms with Crippen LogP contribution in [0, 0.1) is 13.8 Å². The standard InChI is InChI=1S/C23H31NO2/c1-6-18-10-12-19(13-11-18)26-22(8-3)23(25)24-21(7-2)20-14-9-16(4)15-17(20)5/h9-15,21-22H,6-8H2,1-5H3,(H,24,25)/t21-,22+/m1/s1. The van der Waals surface area contributed by atoms with Crippen molar-refractivity contribution < 1.29 is 9.53 Å². The van der Waals surface area contributed by atoms with Gasteiger partial charge in [0.15, 0.2) is 6.10 Å². The Kier molecular flexibility index (Phi) is 7.26. The molecule has 1 amide bonds. The van der Waals surface area contributed by atoms with Crippen LogP contribution < -0.4 is 10.1 Å². The first-order chi connectivity index (χ1) is 12.5. The van der Waals surface area contributed by atoms with Crippen LogP contribution in [0.15, 0.2) is 42.5 Å². The lowest BCUT2D eigenvalue weighted by atomic mass is 9.97. The topological polar surface area (TPSA) is 38.3 Å². The highest BCUT2D eigenvalue weighted by atomic mass is 16.5. The number of hydrogen-bond acceptors (Lipinski definition) is 2. The van der Waals surface area contributed by atoms with Crippen molar-refractivity contribution in [2.24, 2.45) is 0 Å². The van der Waals surface area contributed by atoms with Crippen LogP contribution in [-0.4, -0.2) is 12.0 Å². The third kappa shape index (κ3) is 5.10. The Morgan fingerprint density at radius 2 is 1.69 bits per heavy atom. The number of amides is 1. The third-order valence-electron chi connectivity index (χ3n) is 4.80. The molecular formula is C23H31NO2. The quantitative estimate of drug-likeness (QED) is 0.700. The zero-order valence-electron chi connectivity index (χ0n) is 16.6. The largest absolute Gasteiger partial charge is 0.481 e. The molecule has 140 valence electrons. The summed E-state index contributed by atoms with van der Waals surface area (Å²) in [6.07, 6.45) is 1.98. The smallest absolute Gasteiger partial charge is 0.261 e. The van der Waals surface area contributed by atoms with Crippen LogP contribution in [0.3, 0.4) is 0 Å². The van der Waals surface area contributed by atoms with Gasteiger partial charge in [0.1, 0.15) is 5.75 Å². The van der Waals surface area contributed by atoms with E-state index < -0.39 is 6.10 Å². The number of carbonyl (C=O) groups is 1. The molecule has 2 aromatic rings. The van der Waals surface area contributed by atoms with E-state index in [2.05, 4.69) is 51.2 Å². The average Bonchev–Trinajstić information content (AvgIpc) is 2.65. The van der Waals surface area contributed by atoms with Crippen molar-refractivity contribution in [1.82, 2.24) is 5.32 Å². The van der Waals surface area contributed by atoms with Crippen LogP contribution >= 0.6 is 0 Å². The van der Waals surface area contributed by atoms with Gasteiger partial charge in [-0.25, -0.2) is 0 Å². The van der Waals surface area contributed by atoms with E-state index in [1.54, 1.807) is 0 Å². The zero-order valence-corrected chi connectivity index (χ0v) is 16.6. The summed E-state index contributed by atoms with van der Waals surface area (Å²) in [5, 5.41) is 3.17. The van der Waals surface area contributed by atoms with Crippen molar-refractivity contribution in [2.75, 3.05) is 0 Å². The van der Waals surface area contributed by atoms with Gasteiger partial charge in [-0.1, -0.05) is 56.7 Å². The molecule has 2 rings (SSSR count). The van der Waals surface area contributed by atoms with Crippen LogP contribution in [0.1, 0.15) is 61.9 Å². The maximum Gasteiger partial charge on any atom is 0.261 e. The Bertz CT molecular complexity index is 721. The van der Waals surface area contributed by atoms with Gasteiger partial charge < -0.3 is 10.1 Å². The Labute approximate surface area is 157 Å². The van der Waals surface area contributed by atoms with Gasteiger partial charge in [0, 0.05) is 0 Å². The minimum Gasteiger partial charge on any atom is -0.481 e. The number of benzene rings is 2. The minimum absolute atomic E-state index is 0.00298. The van der Waals surface area contributed by atoms with E-state index in [0.29, 0.717) is 6.42 Å². The molecule has 0 radical (unpaired) electrons. The van der Waals surface area contributed by atoms with Crippen molar-refractivity contribution >= 4 is 5.91 Å². The van der Waals surface area contributed by atoms with Gasteiger partial charge in [-0.15, -0.1) is 0 Å². The predicted molar refractivity (Wildman–Crippen MR) is 108 cm³/mol. The van der Waals surface area contributed by atoms with Gasteiger partial charge >= 0.3 is 0 Å². The molecule has 3 heteroatoms. The molecule has 0 unspecified atom stereocenters. The second-order valence-corrected chi connectivity index (χ2v) is 6.84. The molecule has 0 saturated heterocycles. The van der Waals surface area contributed by atoms with Crippen LogP contribution in [-0.2, 0) is 11.2 Å². The van der Waals surface area contributed by atoms with Crippen LogP contribution in [0.2, 0.25) is 0 Å². The number of ether oxygens (including phenoxy) is 1.